The lowest BCUT2D eigenvalue weighted by Gasteiger charge is -2.30. The summed E-state index contributed by atoms with van der Waals surface area (Å²) in [5.41, 5.74) is -2.80. The number of hydrogen-bond donors (Lipinski definition) is 0. The van der Waals surface area contributed by atoms with Crippen LogP contribution >= 0.6 is 0 Å². The average Bonchev–Trinajstić information content (AvgIpc) is 3.70. The third-order valence-electron chi connectivity index (χ3n) is 8.14. The minimum Gasteiger partial charge on any atom is -0.383 e. The van der Waals surface area contributed by atoms with E-state index < -0.39 is 41.7 Å². The van der Waals surface area contributed by atoms with Crippen molar-refractivity contribution in [3.8, 4) is 0 Å². The van der Waals surface area contributed by atoms with E-state index in [1.165, 1.54) is 22.9 Å². The lowest BCUT2D eigenvalue weighted by Crippen LogP contribution is -2.32. The summed E-state index contributed by atoms with van der Waals surface area (Å²) in [4.78, 5) is 9.15. The van der Waals surface area contributed by atoms with Crippen LogP contribution < -0.4 is 9.80 Å². The Hall–Kier alpha value is -4.08. The molecule has 0 spiro atoms. The molecule has 0 bridgehead atoms. The number of fused-ring (bicyclic) bond motifs is 1. The number of nitrogens with zero attached hydrogens (tertiary/aromatic N) is 7. The van der Waals surface area contributed by atoms with E-state index in [1.54, 1.807) is 0 Å². The topological polar surface area (TPSA) is 72.2 Å². The molecule has 5 rings (SSSR count). The SMILES string of the molecule is CCN(CC1CCCC1)c1nc2cc(F)cc(F)c2cc1CN(Cc1cc(C(F)(F)F)cc(C(F)(F)F)c1)c1nnn(CCOC)n1. The van der Waals surface area contributed by atoms with Gasteiger partial charge in [0.15, 0.2) is 0 Å². The van der Waals surface area contributed by atoms with Gasteiger partial charge in [-0.3, -0.25) is 0 Å². The summed E-state index contributed by atoms with van der Waals surface area (Å²) in [6, 6.07) is 4.63. The predicted molar refractivity (Wildman–Crippen MR) is 158 cm³/mol. The monoisotopic (exact) mass is 671 g/mol. The van der Waals surface area contributed by atoms with Gasteiger partial charge in [-0.2, -0.15) is 31.1 Å². The Bertz CT molecular complexity index is 1650. The second-order valence-corrected chi connectivity index (χ2v) is 11.6. The first-order valence-corrected chi connectivity index (χ1v) is 15.1. The molecule has 0 atom stereocenters. The van der Waals surface area contributed by atoms with Crippen molar-refractivity contribution in [1.29, 1.82) is 0 Å². The molecule has 0 aliphatic heterocycles. The van der Waals surface area contributed by atoms with Crippen molar-refractivity contribution in [3.63, 3.8) is 0 Å². The largest absolute Gasteiger partial charge is 0.416 e. The summed E-state index contributed by atoms with van der Waals surface area (Å²) >= 11 is 0. The Balaban J connectivity index is 1.62. The molecule has 0 unspecified atom stereocenters. The standard InChI is InChI=1S/C31H33F8N7O/c1-3-44(16-19-6-4-5-7-19)28-21(12-25-26(33)14-24(32)15-27(25)40-28)18-45(29-41-43-46(42-29)8-9-47-2)17-20-10-22(30(34,35)36)13-23(11-20)31(37,38)39/h10-15,19H,3-9,16-18H2,1-2H3. The molecule has 4 aromatic rings. The number of rotatable bonds is 12. The highest BCUT2D eigenvalue weighted by molar-refractivity contribution is 5.83. The molecule has 16 heteroatoms. The highest BCUT2D eigenvalue weighted by Crippen LogP contribution is 2.37. The molecule has 2 aromatic heterocycles. The van der Waals surface area contributed by atoms with Crippen molar-refractivity contribution in [2.45, 2.75) is 64.6 Å². The van der Waals surface area contributed by atoms with Crippen molar-refractivity contribution in [3.05, 3.63) is 70.3 Å². The molecule has 0 radical (unpaired) electrons. The van der Waals surface area contributed by atoms with Gasteiger partial charge in [0.05, 0.1) is 29.8 Å². The molecule has 2 heterocycles. The summed E-state index contributed by atoms with van der Waals surface area (Å²) < 4.78 is 117. The Morgan fingerprint density at radius 1 is 0.894 bits per heavy atom. The van der Waals surface area contributed by atoms with E-state index in [0.717, 1.165) is 31.7 Å². The van der Waals surface area contributed by atoms with Crippen LogP contribution in [0.15, 0.2) is 36.4 Å². The van der Waals surface area contributed by atoms with Crippen LogP contribution in [-0.2, 0) is 36.7 Å². The zero-order chi connectivity index (χ0) is 33.9. The van der Waals surface area contributed by atoms with Gasteiger partial charge in [0.1, 0.15) is 17.5 Å². The fourth-order valence-electron chi connectivity index (χ4n) is 5.85. The maximum absolute atomic E-state index is 15.0. The number of benzene rings is 2. The number of ether oxygens (including phenoxy) is 1. The highest BCUT2D eigenvalue weighted by Gasteiger charge is 2.37. The average molecular weight is 672 g/mol. The molecule has 1 saturated carbocycles. The third kappa shape index (κ3) is 8.26. The summed E-state index contributed by atoms with van der Waals surface area (Å²) in [5, 5.41) is 12.3. The van der Waals surface area contributed by atoms with E-state index in [0.29, 0.717) is 48.6 Å². The van der Waals surface area contributed by atoms with Crippen molar-refractivity contribution in [1.82, 2.24) is 25.2 Å². The van der Waals surface area contributed by atoms with E-state index in [-0.39, 0.29) is 48.2 Å². The van der Waals surface area contributed by atoms with Crippen LogP contribution in [0.4, 0.5) is 46.9 Å². The van der Waals surface area contributed by atoms with Gasteiger partial charge in [-0.25, -0.2) is 13.8 Å². The number of alkyl halides is 6. The smallest absolute Gasteiger partial charge is 0.383 e. The fraction of sp³-hybridized carbons (Fsp3) is 0.484. The minimum absolute atomic E-state index is 0.00264. The molecule has 2 aromatic carbocycles. The third-order valence-corrected chi connectivity index (χ3v) is 8.14. The van der Waals surface area contributed by atoms with E-state index in [4.69, 9.17) is 4.74 Å². The van der Waals surface area contributed by atoms with Gasteiger partial charge in [-0.15, -0.1) is 5.10 Å². The van der Waals surface area contributed by atoms with Gasteiger partial charge < -0.3 is 14.5 Å². The molecule has 254 valence electrons. The normalized spacial score (nSPS) is 14.3. The van der Waals surface area contributed by atoms with Crippen LogP contribution in [0.2, 0.25) is 0 Å². The van der Waals surface area contributed by atoms with Crippen molar-refractivity contribution < 1.29 is 39.9 Å². The van der Waals surface area contributed by atoms with Crippen LogP contribution in [0, 0.1) is 17.6 Å². The van der Waals surface area contributed by atoms with E-state index in [2.05, 4.69) is 20.4 Å². The van der Waals surface area contributed by atoms with Crippen molar-refractivity contribution in [2.24, 2.45) is 5.92 Å². The van der Waals surface area contributed by atoms with E-state index in [9.17, 15) is 30.7 Å². The number of anilines is 2. The van der Waals surface area contributed by atoms with E-state index >= 15 is 4.39 Å². The number of methoxy groups -OCH3 is 1. The molecule has 0 saturated heterocycles. The first-order chi connectivity index (χ1) is 22.2. The number of pyridine rings is 1. The number of tetrazole rings is 1. The number of halogens is 8. The highest BCUT2D eigenvalue weighted by atomic mass is 19.4. The molecular weight excluding hydrogens is 638 g/mol. The quantitative estimate of drug-likeness (QED) is 0.145. The maximum atomic E-state index is 15.0. The van der Waals surface area contributed by atoms with Crippen molar-refractivity contribution in [2.75, 3.05) is 36.6 Å². The first kappa shape index (κ1) is 34.3. The Morgan fingerprint density at radius 2 is 1.57 bits per heavy atom. The van der Waals surface area contributed by atoms with Gasteiger partial charge in [0.25, 0.3) is 5.95 Å². The van der Waals surface area contributed by atoms with Crippen LogP contribution in [0.1, 0.15) is 54.9 Å². The molecular formula is C31H33F8N7O. The van der Waals surface area contributed by atoms with Crippen LogP contribution in [-0.4, -0.2) is 52.0 Å². The minimum atomic E-state index is -5.05. The molecule has 8 nitrogen and oxygen atoms in total. The van der Waals surface area contributed by atoms with E-state index in [1.807, 2.05) is 11.8 Å². The molecule has 1 aliphatic rings. The lowest BCUT2D eigenvalue weighted by molar-refractivity contribution is -0.143. The van der Waals surface area contributed by atoms with Crippen LogP contribution in [0.5, 0.6) is 0 Å². The zero-order valence-electron chi connectivity index (χ0n) is 25.7. The number of hydrogen-bond acceptors (Lipinski definition) is 7. The second-order valence-electron chi connectivity index (χ2n) is 11.6. The Morgan fingerprint density at radius 3 is 2.19 bits per heavy atom. The van der Waals surface area contributed by atoms with Crippen LogP contribution in [0.25, 0.3) is 10.9 Å². The molecule has 0 amide bonds. The van der Waals surface area contributed by atoms with Gasteiger partial charge >= 0.3 is 12.4 Å². The Labute approximate surface area is 265 Å². The maximum Gasteiger partial charge on any atom is 0.416 e. The lowest BCUT2D eigenvalue weighted by atomic mass is 10.0. The number of aromatic nitrogens is 5. The fourth-order valence-corrected chi connectivity index (χ4v) is 5.85. The van der Waals surface area contributed by atoms with Gasteiger partial charge in [0, 0.05) is 56.4 Å². The van der Waals surface area contributed by atoms with Gasteiger partial charge in [-0.05, 0) is 60.7 Å². The summed E-state index contributed by atoms with van der Waals surface area (Å²) in [7, 11) is 1.46. The Kier molecular flexibility index (Phi) is 10.2. The van der Waals surface area contributed by atoms with Gasteiger partial charge in [0.2, 0.25) is 0 Å². The molecule has 1 aliphatic carbocycles. The summed E-state index contributed by atoms with van der Waals surface area (Å²) in [6.45, 7) is 2.66. The summed E-state index contributed by atoms with van der Waals surface area (Å²) in [5.74, 6) is -1.05. The first-order valence-electron chi connectivity index (χ1n) is 15.1. The molecule has 47 heavy (non-hydrogen) atoms. The molecule has 0 N–H and O–H groups in total. The zero-order valence-corrected chi connectivity index (χ0v) is 25.7. The second kappa shape index (κ2) is 14.0. The predicted octanol–water partition coefficient (Wildman–Crippen LogP) is 7.41. The summed E-state index contributed by atoms with van der Waals surface area (Å²) in [6.07, 6.45) is -5.95. The van der Waals surface area contributed by atoms with Crippen molar-refractivity contribution >= 4 is 22.7 Å². The van der Waals surface area contributed by atoms with Crippen LogP contribution in [0.3, 0.4) is 0 Å². The van der Waals surface area contributed by atoms with Gasteiger partial charge in [-0.1, -0.05) is 17.9 Å². The molecule has 1 fully saturated rings.